The van der Waals surface area contributed by atoms with Crippen LogP contribution in [0, 0.1) is 0 Å². The average molecular weight is 765 g/mol. The van der Waals surface area contributed by atoms with Gasteiger partial charge in [0, 0.05) is 61.8 Å². The molecule has 3 aliphatic rings. The van der Waals surface area contributed by atoms with E-state index in [2.05, 4.69) is 47.1 Å². The van der Waals surface area contributed by atoms with Crippen LogP contribution in [0.15, 0.2) is 48.9 Å². The number of phenols is 1. The Morgan fingerprint density at radius 1 is 0.956 bits per heavy atom. The number of hydrogen-bond donors (Lipinski definition) is 3. The zero-order valence-electron chi connectivity index (χ0n) is 25.2. The van der Waals surface area contributed by atoms with Gasteiger partial charge in [-0.05, 0) is 113 Å². The highest BCUT2D eigenvalue weighted by Gasteiger charge is 2.34. The predicted octanol–water partition coefficient (Wildman–Crippen LogP) is 5.57. The highest BCUT2D eigenvalue weighted by atomic mass is 79.9. The number of carbonyl (C=O) groups excluding carboxylic acids is 2. The van der Waals surface area contributed by atoms with E-state index in [1.54, 1.807) is 32.9 Å². The Morgan fingerprint density at radius 2 is 1.60 bits per heavy atom. The van der Waals surface area contributed by atoms with Gasteiger partial charge in [0.25, 0.3) is 0 Å². The highest BCUT2D eigenvalue weighted by Crippen LogP contribution is 2.34. The molecule has 5 heterocycles. The average Bonchev–Trinajstić information content (AvgIpc) is 3.74. The Kier molecular flexibility index (Phi) is 10.4. The maximum atomic E-state index is 14.0. The molecule has 0 aliphatic carbocycles. The fraction of sp³-hybridized carbons (Fsp3) is 0.531. The normalized spacial score (nSPS) is 19.5. The molecule has 0 unspecified atom stereocenters. The van der Waals surface area contributed by atoms with Crippen LogP contribution in [0.2, 0.25) is 0 Å². The molecule has 3 aliphatic heterocycles. The number of likely N-dealkylation sites (tertiary alicyclic amines) is 3. The Bertz CT molecular complexity index is 1510. The molecule has 242 valence electrons. The molecule has 1 atom stereocenters. The Morgan fingerprint density at radius 3 is 2.24 bits per heavy atom. The molecule has 45 heavy (non-hydrogen) atoms. The molecular formula is C32H40Br2N6O4S. The summed E-state index contributed by atoms with van der Waals surface area (Å²) in [6.45, 7) is 4.62. The Hall–Kier alpha value is -2.61. The lowest BCUT2D eigenvalue weighted by molar-refractivity contribution is -0.134. The second kappa shape index (κ2) is 14.4. The van der Waals surface area contributed by atoms with Crippen molar-refractivity contribution in [1.29, 1.82) is 0 Å². The van der Waals surface area contributed by atoms with Crippen molar-refractivity contribution in [3.8, 4) is 17.0 Å². The number of rotatable bonds is 7. The molecule has 0 saturated carbocycles. The van der Waals surface area contributed by atoms with Gasteiger partial charge in [-0.2, -0.15) is 11.3 Å². The number of amides is 3. The summed E-state index contributed by atoms with van der Waals surface area (Å²) in [5.74, 6) is 0.0211. The third kappa shape index (κ3) is 7.52. The molecule has 2 aromatic heterocycles. The lowest BCUT2D eigenvalue weighted by Crippen LogP contribution is -2.56. The molecule has 0 radical (unpaired) electrons. The van der Waals surface area contributed by atoms with Crippen molar-refractivity contribution in [2.24, 2.45) is 0 Å². The first-order valence-corrected chi connectivity index (χ1v) is 18.4. The zero-order valence-corrected chi connectivity index (χ0v) is 29.2. The number of thiophene rings is 1. The number of phenolic OH excluding ortho intramolecular Hbond substituents is 1. The molecule has 3 fully saturated rings. The molecule has 3 N–H and O–H groups in total. The van der Waals surface area contributed by atoms with E-state index >= 15 is 0 Å². The summed E-state index contributed by atoms with van der Waals surface area (Å²) in [6.07, 6.45) is 9.17. The lowest BCUT2D eigenvalue weighted by atomic mass is 9.98. The largest absolute Gasteiger partial charge is 0.506 e. The molecule has 3 aromatic rings. The van der Waals surface area contributed by atoms with E-state index in [1.165, 1.54) is 19.3 Å². The van der Waals surface area contributed by atoms with Crippen molar-refractivity contribution in [2.75, 3.05) is 39.3 Å². The number of aromatic hydroxyl groups is 1. The number of benzene rings is 1. The fourth-order valence-corrected chi connectivity index (χ4v) is 8.90. The Balaban J connectivity index is 1.11. The van der Waals surface area contributed by atoms with Crippen LogP contribution in [-0.2, 0) is 11.2 Å². The minimum absolute atomic E-state index is 0.00416. The van der Waals surface area contributed by atoms with Gasteiger partial charge in [-0.3, -0.25) is 9.36 Å². The maximum absolute atomic E-state index is 14.0. The monoisotopic (exact) mass is 762 g/mol. The van der Waals surface area contributed by atoms with E-state index < -0.39 is 6.04 Å². The van der Waals surface area contributed by atoms with Crippen molar-refractivity contribution in [3.05, 3.63) is 60.1 Å². The van der Waals surface area contributed by atoms with Gasteiger partial charge in [0.05, 0.1) is 14.6 Å². The van der Waals surface area contributed by atoms with Crippen LogP contribution in [-0.4, -0.2) is 92.6 Å². The number of nitrogens with one attached hydrogen (secondary N) is 2. The number of H-pyrrole nitrogens is 1. The maximum Gasteiger partial charge on any atom is 0.326 e. The molecule has 1 aromatic carbocycles. The first-order chi connectivity index (χ1) is 21.8. The van der Waals surface area contributed by atoms with Crippen LogP contribution >= 0.6 is 43.2 Å². The molecule has 3 amide bonds. The number of imidazole rings is 1. The van der Waals surface area contributed by atoms with Crippen molar-refractivity contribution in [1.82, 2.24) is 29.6 Å². The number of aromatic nitrogens is 2. The second-order valence-corrected chi connectivity index (χ2v) is 14.9. The summed E-state index contributed by atoms with van der Waals surface area (Å²) in [7, 11) is 0. The van der Waals surface area contributed by atoms with Gasteiger partial charge >= 0.3 is 11.7 Å². The second-order valence-electron chi connectivity index (χ2n) is 12.4. The van der Waals surface area contributed by atoms with Crippen LogP contribution in [0.1, 0.15) is 56.6 Å². The van der Waals surface area contributed by atoms with E-state index in [0.29, 0.717) is 60.4 Å². The number of piperidine rings is 3. The van der Waals surface area contributed by atoms with Gasteiger partial charge in [-0.1, -0.05) is 6.42 Å². The summed E-state index contributed by atoms with van der Waals surface area (Å²) in [4.78, 5) is 49.5. The third-order valence-electron chi connectivity index (χ3n) is 9.52. The van der Waals surface area contributed by atoms with E-state index in [0.717, 1.165) is 42.8 Å². The van der Waals surface area contributed by atoms with Gasteiger partial charge in [-0.25, -0.2) is 9.59 Å². The predicted molar refractivity (Wildman–Crippen MR) is 183 cm³/mol. The van der Waals surface area contributed by atoms with E-state index in [9.17, 15) is 19.5 Å². The van der Waals surface area contributed by atoms with Crippen molar-refractivity contribution >= 4 is 55.1 Å². The third-order valence-corrected chi connectivity index (χ3v) is 11.4. The van der Waals surface area contributed by atoms with Gasteiger partial charge in [0.1, 0.15) is 11.8 Å². The van der Waals surface area contributed by atoms with Crippen LogP contribution in [0.4, 0.5) is 4.79 Å². The van der Waals surface area contributed by atoms with Crippen LogP contribution in [0.3, 0.4) is 0 Å². The number of urea groups is 1. The Labute approximate surface area is 284 Å². The number of halogens is 2. The van der Waals surface area contributed by atoms with Gasteiger partial charge < -0.3 is 30.1 Å². The zero-order chi connectivity index (χ0) is 31.5. The van der Waals surface area contributed by atoms with E-state index in [-0.39, 0.29) is 29.4 Å². The van der Waals surface area contributed by atoms with Gasteiger partial charge in [0.2, 0.25) is 5.91 Å². The summed E-state index contributed by atoms with van der Waals surface area (Å²) in [5, 5.41) is 17.3. The van der Waals surface area contributed by atoms with Crippen LogP contribution < -0.4 is 11.0 Å². The van der Waals surface area contributed by atoms with Crippen LogP contribution in [0.25, 0.3) is 11.3 Å². The first-order valence-electron chi connectivity index (χ1n) is 15.9. The van der Waals surface area contributed by atoms with E-state index in [1.807, 2.05) is 27.9 Å². The minimum Gasteiger partial charge on any atom is -0.506 e. The number of carbonyl (C=O) groups is 2. The molecule has 13 heteroatoms. The topological polar surface area (TPSA) is 114 Å². The quantitative estimate of drug-likeness (QED) is 0.292. The van der Waals surface area contributed by atoms with Crippen LogP contribution in [0.5, 0.6) is 5.75 Å². The van der Waals surface area contributed by atoms with Gasteiger partial charge in [-0.15, -0.1) is 0 Å². The summed E-state index contributed by atoms with van der Waals surface area (Å²) >= 11 is 8.38. The molecule has 0 bridgehead atoms. The smallest absolute Gasteiger partial charge is 0.326 e. The van der Waals surface area contributed by atoms with Crippen molar-refractivity contribution < 1.29 is 14.7 Å². The van der Waals surface area contributed by atoms with E-state index in [4.69, 9.17) is 0 Å². The lowest BCUT2D eigenvalue weighted by Gasteiger charge is -2.41. The molecular weight excluding hydrogens is 724 g/mol. The van der Waals surface area contributed by atoms with Gasteiger partial charge in [0.15, 0.2) is 0 Å². The minimum atomic E-state index is -0.745. The number of nitrogens with zero attached hydrogens (tertiary/aromatic N) is 4. The molecule has 10 nitrogen and oxygen atoms in total. The van der Waals surface area contributed by atoms with Crippen molar-refractivity contribution in [3.63, 3.8) is 0 Å². The molecule has 3 saturated heterocycles. The standard InChI is InChI=1S/C32H40Br2N6O4S/c33-25-16-21(17-26(34)29(25)41)18-27(30(42)38-11-4-23(5-12-38)37-9-2-1-3-10-37)35-31(43)39-13-6-24(7-14-39)40-19-28(36-32(40)44)22-8-15-45-20-22/h8,15-17,19-20,23-24,27,41H,1-7,9-14,18H2,(H,35,43)(H,36,44)/t27-/m1/s1. The fourth-order valence-electron chi connectivity index (χ4n) is 6.96. The molecule has 0 spiro atoms. The summed E-state index contributed by atoms with van der Waals surface area (Å²) < 4.78 is 2.80. The number of hydrogen-bond acceptors (Lipinski definition) is 6. The van der Waals surface area contributed by atoms with Crippen molar-refractivity contribution in [2.45, 2.75) is 69.5 Å². The summed E-state index contributed by atoms with van der Waals surface area (Å²) in [5.41, 5.74) is 2.47. The number of aromatic amines is 1. The summed E-state index contributed by atoms with van der Waals surface area (Å²) in [6, 6.07) is 5.06. The first kappa shape index (κ1) is 32.3. The SMILES string of the molecule is O=C(N[C@H](Cc1cc(Br)c(O)c(Br)c1)C(=O)N1CCC(N2CCCCC2)CC1)N1CCC(n2cc(-c3ccsc3)[nH]c2=O)CC1. The highest BCUT2D eigenvalue weighted by molar-refractivity contribution is 9.11. The molecule has 6 rings (SSSR count).